The number of methoxy groups -OCH3 is 3. The lowest BCUT2D eigenvalue weighted by molar-refractivity contribution is -0.385. The lowest BCUT2D eigenvalue weighted by Gasteiger charge is -2.08. The summed E-state index contributed by atoms with van der Waals surface area (Å²) >= 11 is 32.2. The Bertz CT molecular complexity index is 3220. The Balaban J connectivity index is 0.000000464. The van der Waals surface area contributed by atoms with Crippen LogP contribution < -0.4 is 14.2 Å². The first-order valence-electron chi connectivity index (χ1n) is 23.3. The van der Waals surface area contributed by atoms with Crippen LogP contribution in [-0.2, 0) is 0 Å². The van der Waals surface area contributed by atoms with E-state index >= 15 is 0 Å². The molecule has 0 spiro atoms. The van der Waals surface area contributed by atoms with E-state index in [1.807, 2.05) is 59.7 Å². The molecule has 0 unspecified atom stereocenters. The second-order valence-electron chi connectivity index (χ2n) is 17.0. The van der Waals surface area contributed by atoms with Gasteiger partial charge >= 0.3 is 5.69 Å². The van der Waals surface area contributed by atoms with Gasteiger partial charge in [0.05, 0.1) is 55.3 Å². The van der Waals surface area contributed by atoms with E-state index in [1.165, 1.54) is 45.6 Å². The molecule has 0 aromatic heterocycles. The molecule has 8 aromatic rings. The Hall–Kier alpha value is -6.51. The summed E-state index contributed by atoms with van der Waals surface area (Å²) in [5, 5.41) is 84.1. The number of nitro groups is 1. The van der Waals surface area contributed by atoms with Crippen LogP contribution in [0.4, 0.5) is 10.1 Å². The molecule has 0 fully saturated rings. The van der Waals surface area contributed by atoms with Crippen LogP contribution in [0.15, 0.2) is 135 Å². The highest BCUT2D eigenvalue weighted by atomic mass is 79.9. The van der Waals surface area contributed by atoms with Gasteiger partial charge in [0.25, 0.3) is 0 Å². The van der Waals surface area contributed by atoms with Gasteiger partial charge in [0.1, 0.15) is 11.5 Å². The molecule has 81 heavy (non-hydrogen) atoms. The summed E-state index contributed by atoms with van der Waals surface area (Å²) in [6, 6.07) is 32.8. The summed E-state index contributed by atoms with van der Waals surface area (Å²) in [5.41, 5.74) is 7.48. The molecule has 8 aromatic carbocycles. The fourth-order valence-electron chi connectivity index (χ4n) is 5.84. The molecule has 0 radical (unpaired) electrons. The van der Waals surface area contributed by atoms with Gasteiger partial charge in [-0.25, -0.2) is 4.39 Å². The van der Waals surface area contributed by atoms with Gasteiger partial charge in [-0.15, -0.1) is 0 Å². The van der Waals surface area contributed by atoms with Crippen molar-refractivity contribution in [3.8, 4) is 63.2 Å². The van der Waals surface area contributed by atoms with E-state index in [0.717, 1.165) is 53.5 Å². The fourth-order valence-corrected chi connectivity index (χ4v) is 8.24. The molecule has 8 rings (SSSR count). The SMILES string of the molecule is COc1cc(C)c(Br)c(Br)c1O.COc1cc(C)cc(Cl)c1O.COc1ccc(C)cc1O.Cc1cc(Cl)c(O)c(Cl)c1.Cc1ccc(O)c(Br)c1.Cc1ccc(O)c(Cl)c1.Cc1ccc(O)c(F)c1.Cc1ccc([N+](=O)[O-])c(O)c1. The van der Waals surface area contributed by atoms with E-state index in [-0.39, 0.29) is 45.9 Å². The number of halogens is 8. The zero-order valence-electron chi connectivity index (χ0n) is 45.6. The van der Waals surface area contributed by atoms with Crippen LogP contribution >= 0.6 is 94.2 Å². The highest BCUT2D eigenvalue weighted by Crippen LogP contribution is 2.41. The summed E-state index contributed by atoms with van der Waals surface area (Å²) in [6.45, 7) is 15.0. The van der Waals surface area contributed by atoms with Crippen molar-refractivity contribution in [3.05, 3.63) is 215 Å². The van der Waals surface area contributed by atoms with Crippen LogP contribution in [0.3, 0.4) is 0 Å². The van der Waals surface area contributed by atoms with Crippen LogP contribution in [-0.4, -0.2) is 67.1 Å². The number of nitro benzene ring substituents is 1. The van der Waals surface area contributed by atoms with Crippen LogP contribution in [0.1, 0.15) is 44.5 Å². The topological polar surface area (TPSA) is 233 Å². The number of phenols is 8. The number of ether oxygens (including phenoxy) is 3. The van der Waals surface area contributed by atoms with Gasteiger partial charge in [-0.3, -0.25) is 10.1 Å². The normalized spacial score (nSPS) is 9.67. The van der Waals surface area contributed by atoms with Crippen LogP contribution in [0.5, 0.6) is 63.2 Å². The molecular weight excluding hydrogens is 1330 g/mol. The quantitative estimate of drug-likeness (QED) is 0.0606. The summed E-state index contributed by atoms with van der Waals surface area (Å²) in [4.78, 5) is 9.56. The third-order valence-corrected chi connectivity index (χ3v) is 14.2. The summed E-state index contributed by atoms with van der Waals surface area (Å²) in [7, 11) is 4.55. The monoisotopic (exact) mass is 1390 g/mol. The van der Waals surface area contributed by atoms with Crippen LogP contribution in [0.2, 0.25) is 20.1 Å². The molecule has 14 nitrogen and oxygen atoms in total. The van der Waals surface area contributed by atoms with Gasteiger partial charge in [-0.1, -0.05) is 76.7 Å². The van der Waals surface area contributed by atoms with Crippen molar-refractivity contribution >= 4 is 99.9 Å². The first-order chi connectivity index (χ1) is 37.8. The predicted octanol–water partition coefficient (Wildman–Crippen LogP) is 18.6. The van der Waals surface area contributed by atoms with Crippen molar-refractivity contribution in [1.82, 2.24) is 0 Å². The Morgan fingerprint density at radius 2 is 0.802 bits per heavy atom. The summed E-state index contributed by atoms with van der Waals surface area (Å²) in [5.74, 6) is 0.975. The van der Waals surface area contributed by atoms with Crippen molar-refractivity contribution in [3.63, 3.8) is 0 Å². The van der Waals surface area contributed by atoms with Crippen LogP contribution in [0.25, 0.3) is 0 Å². The molecule has 0 aliphatic heterocycles. The van der Waals surface area contributed by atoms with Gasteiger partial charge in [-0.05, 0) is 233 Å². The lowest BCUT2D eigenvalue weighted by atomic mass is 10.2. The highest BCUT2D eigenvalue weighted by molar-refractivity contribution is 9.13. The van der Waals surface area contributed by atoms with E-state index in [9.17, 15) is 24.7 Å². The average Bonchev–Trinajstić information content (AvgIpc) is 3.40. The van der Waals surface area contributed by atoms with E-state index in [2.05, 4.69) is 47.8 Å². The van der Waals surface area contributed by atoms with Gasteiger partial charge in [0, 0.05) is 10.5 Å². The maximum atomic E-state index is 12.3. The number of phenolic OH excluding ortho intramolecular Hbond substituents is 8. The number of rotatable bonds is 4. The first-order valence-corrected chi connectivity index (χ1v) is 27.2. The minimum Gasteiger partial charge on any atom is -0.507 e. The summed E-state index contributed by atoms with van der Waals surface area (Å²) < 4.78 is 29.2. The van der Waals surface area contributed by atoms with Crippen LogP contribution in [0, 0.1) is 71.3 Å². The largest absolute Gasteiger partial charge is 0.507 e. The molecule has 436 valence electrons. The van der Waals surface area contributed by atoms with Crippen molar-refractivity contribution in [2.45, 2.75) is 55.4 Å². The smallest absolute Gasteiger partial charge is 0.310 e. The number of aryl methyl sites for hydroxylation is 8. The number of nitrogens with zero attached hydrogens (tertiary/aromatic N) is 1. The van der Waals surface area contributed by atoms with Gasteiger partial charge in [0.15, 0.2) is 57.6 Å². The van der Waals surface area contributed by atoms with Gasteiger partial charge < -0.3 is 55.1 Å². The zero-order chi connectivity index (χ0) is 62.0. The van der Waals surface area contributed by atoms with Gasteiger partial charge in [-0.2, -0.15) is 0 Å². The number of hydrogen-bond donors (Lipinski definition) is 8. The molecule has 8 N–H and O–H groups in total. The minimum atomic E-state index is -0.616. The third-order valence-electron chi connectivity index (χ3n) is 10.1. The van der Waals surface area contributed by atoms with Crippen molar-refractivity contribution < 1.29 is 64.4 Å². The Morgan fingerprint density at radius 1 is 0.407 bits per heavy atom. The first kappa shape index (κ1) is 72.5. The number of hydrogen-bond acceptors (Lipinski definition) is 13. The Morgan fingerprint density at radius 3 is 1.22 bits per heavy atom. The van der Waals surface area contributed by atoms with Crippen molar-refractivity contribution in [1.29, 1.82) is 0 Å². The Labute approximate surface area is 515 Å². The second kappa shape index (κ2) is 36.1. The highest BCUT2D eigenvalue weighted by Gasteiger charge is 2.13. The molecule has 0 aliphatic carbocycles. The lowest BCUT2D eigenvalue weighted by Crippen LogP contribution is -1.88. The van der Waals surface area contributed by atoms with Crippen molar-refractivity contribution in [2.24, 2.45) is 0 Å². The molecule has 0 saturated carbocycles. The molecule has 0 aliphatic rings. The van der Waals surface area contributed by atoms with E-state index < -0.39 is 10.7 Å². The molecule has 0 amide bonds. The molecule has 0 bridgehead atoms. The molecular formula is C59H61Br3Cl4FNO13. The maximum absolute atomic E-state index is 12.3. The second-order valence-corrected chi connectivity index (χ2v) is 21.1. The van der Waals surface area contributed by atoms with Crippen molar-refractivity contribution in [2.75, 3.05) is 21.3 Å². The standard InChI is InChI=1S/C8H8Br2O2.C8H9ClO2.C8H10O2.C7H7BrO.C7H6Cl2O.C7H7ClO.C7H7FO.C7H7NO3/c1-4-3-5(12-2)8(11)7(10)6(4)9;1-5-3-6(9)8(10)7(4-5)11-2;1-6-3-4-8(10-2)7(9)5-6;1-5-2-3-7(9)6(8)4-5;1-4-2-5(8)7(10)6(9)3-4;2*1-5-2-3-7(9)6(8)4-5;1-5-2-3-6(8(10)11)7(9)4-5/h3,11H,1-2H3;3-4,10H,1-2H3;3-5,9H,1-2H3;2-4,9H,1H3;2-3,10H,1H3;2*2-4,9H,1H3;2-4,9H,1H3. The zero-order valence-corrected chi connectivity index (χ0v) is 53.4. The van der Waals surface area contributed by atoms with E-state index in [1.54, 1.807) is 92.7 Å². The van der Waals surface area contributed by atoms with E-state index in [4.69, 9.17) is 91.3 Å². The average molecular weight is 1390 g/mol. The Kier molecular flexibility index (Phi) is 32.3. The maximum Gasteiger partial charge on any atom is 0.310 e. The third kappa shape index (κ3) is 25.9. The summed E-state index contributed by atoms with van der Waals surface area (Å²) in [6.07, 6.45) is 0. The van der Waals surface area contributed by atoms with E-state index in [0.29, 0.717) is 47.6 Å². The molecule has 0 heterocycles. The number of aromatic hydroxyl groups is 8. The molecule has 0 atom stereocenters. The predicted molar refractivity (Wildman–Crippen MR) is 332 cm³/mol. The molecule has 0 saturated heterocycles. The fraction of sp³-hybridized carbons (Fsp3) is 0.186. The van der Waals surface area contributed by atoms with Gasteiger partial charge in [0.2, 0.25) is 0 Å². The minimum absolute atomic E-state index is 0.000216. The number of benzene rings is 8. The molecule has 22 heteroatoms.